The van der Waals surface area contributed by atoms with Crippen LogP contribution in [0.15, 0.2) is 35.2 Å². The standard InChI is InChI=1S/C16H25N3OS/c1-16(2,19-11-8-17-9-12-19)15(20)18-10-13-21-14-6-4-3-5-7-14/h3-7,17H,8-13H2,1-2H3,(H,18,20). The highest BCUT2D eigenvalue weighted by atomic mass is 32.2. The van der Waals surface area contributed by atoms with Crippen LogP contribution in [0.25, 0.3) is 0 Å². The zero-order chi connectivity index (χ0) is 15.1. The molecule has 21 heavy (non-hydrogen) atoms. The van der Waals surface area contributed by atoms with Gasteiger partial charge in [-0.15, -0.1) is 11.8 Å². The lowest BCUT2D eigenvalue weighted by atomic mass is 10.0. The quantitative estimate of drug-likeness (QED) is 0.619. The first kappa shape index (κ1) is 16.3. The number of hydrogen-bond acceptors (Lipinski definition) is 4. The van der Waals surface area contributed by atoms with E-state index < -0.39 is 5.54 Å². The molecule has 0 saturated carbocycles. The summed E-state index contributed by atoms with van der Waals surface area (Å²) < 4.78 is 0. The van der Waals surface area contributed by atoms with E-state index in [2.05, 4.69) is 27.7 Å². The van der Waals surface area contributed by atoms with Gasteiger partial charge in [-0.1, -0.05) is 18.2 Å². The molecule has 0 radical (unpaired) electrons. The minimum atomic E-state index is -0.431. The Hall–Kier alpha value is -1.04. The summed E-state index contributed by atoms with van der Waals surface area (Å²) in [7, 11) is 0. The fourth-order valence-corrected chi connectivity index (χ4v) is 3.22. The number of carbonyl (C=O) groups excluding carboxylic acids is 1. The molecule has 5 heteroatoms. The molecule has 2 rings (SSSR count). The number of nitrogens with one attached hydrogen (secondary N) is 2. The minimum absolute atomic E-state index is 0.123. The number of carbonyl (C=O) groups is 1. The highest BCUT2D eigenvalue weighted by Gasteiger charge is 2.34. The van der Waals surface area contributed by atoms with E-state index in [0.29, 0.717) is 6.54 Å². The van der Waals surface area contributed by atoms with E-state index >= 15 is 0 Å². The third-order valence-corrected chi connectivity index (χ3v) is 4.88. The Morgan fingerprint density at radius 3 is 2.62 bits per heavy atom. The number of nitrogens with zero attached hydrogens (tertiary/aromatic N) is 1. The summed E-state index contributed by atoms with van der Waals surface area (Å²) in [5.41, 5.74) is -0.431. The van der Waals surface area contributed by atoms with Crippen LogP contribution in [0, 0.1) is 0 Å². The van der Waals surface area contributed by atoms with Gasteiger partial charge in [0.2, 0.25) is 5.91 Å². The van der Waals surface area contributed by atoms with E-state index in [0.717, 1.165) is 31.9 Å². The van der Waals surface area contributed by atoms with Crippen LogP contribution < -0.4 is 10.6 Å². The summed E-state index contributed by atoms with van der Waals surface area (Å²) >= 11 is 1.77. The number of amides is 1. The Bertz CT molecular complexity index is 444. The highest BCUT2D eigenvalue weighted by molar-refractivity contribution is 7.99. The van der Waals surface area contributed by atoms with Gasteiger partial charge in [0.1, 0.15) is 0 Å². The lowest BCUT2D eigenvalue weighted by Crippen LogP contribution is -2.60. The predicted molar refractivity (Wildman–Crippen MR) is 88.7 cm³/mol. The Morgan fingerprint density at radius 2 is 1.95 bits per heavy atom. The molecule has 1 aromatic rings. The largest absolute Gasteiger partial charge is 0.354 e. The third kappa shape index (κ3) is 4.73. The van der Waals surface area contributed by atoms with E-state index in [9.17, 15) is 4.79 Å². The van der Waals surface area contributed by atoms with Gasteiger partial charge < -0.3 is 10.6 Å². The summed E-state index contributed by atoms with van der Waals surface area (Å²) in [5.74, 6) is 1.02. The zero-order valence-electron chi connectivity index (χ0n) is 12.9. The molecule has 1 aromatic carbocycles. The first-order valence-electron chi connectivity index (χ1n) is 7.52. The molecule has 1 aliphatic heterocycles. The second-order valence-corrected chi connectivity index (χ2v) is 6.88. The van der Waals surface area contributed by atoms with E-state index in [1.54, 1.807) is 11.8 Å². The lowest BCUT2D eigenvalue weighted by Gasteiger charge is -2.39. The first-order chi connectivity index (χ1) is 10.1. The molecule has 0 aromatic heterocycles. The fraction of sp³-hybridized carbons (Fsp3) is 0.562. The highest BCUT2D eigenvalue weighted by Crippen LogP contribution is 2.17. The molecule has 0 bridgehead atoms. The molecule has 1 amide bonds. The predicted octanol–water partition coefficient (Wildman–Crippen LogP) is 1.58. The number of hydrogen-bond donors (Lipinski definition) is 2. The van der Waals surface area contributed by atoms with Crippen molar-refractivity contribution in [2.45, 2.75) is 24.3 Å². The molecule has 0 atom stereocenters. The number of thioether (sulfide) groups is 1. The molecule has 1 saturated heterocycles. The molecule has 0 spiro atoms. The van der Waals surface area contributed by atoms with Crippen LogP contribution in [0.5, 0.6) is 0 Å². The first-order valence-corrected chi connectivity index (χ1v) is 8.51. The topological polar surface area (TPSA) is 44.4 Å². The van der Waals surface area contributed by atoms with E-state index in [1.165, 1.54) is 4.90 Å². The van der Waals surface area contributed by atoms with Crippen molar-refractivity contribution in [3.63, 3.8) is 0 Å². The van der Waals surface area contributed by atoms with Crippen molar-refractivity contribution in [1.82, 2.24) is 15.5 Å². The Balaban J connectivity index is 1.73. The van der Waals surface area contributed by atoms with Crippen molar-refractivity contribution in [2.75, 3.05) is 38.5 Å². The normalized spacial score (nSPS) is 16.7. The summed E-state index contributed by atoms with van der Waals surface area (Å²) in [6.45, 7) is 8.50. The van der Waals surface area contributed by atoms with Gasteiger partial charge in [0.05, 0.1) is 5.54 Å². The summed E-state index contributed by atoms with van der Waals surface area (Å²) in [4.78, 5) is 15.9. The number of benzene rings is 1. The monoisotopic (exact) mass is 307 g/mol. The summed E-state index contributed by atoms with van der Waals surface area (Å²) in [6.07, 6.45) is 0. The molecule has 0 aliphatic carbocycles. The molecule has 1 aliphatic rings. The van der Waals surface area contributed by atoms with Crippen LogP contribution in [0.4, 0.5) is 0 Å². The summed E-state index contributed by atoms with van der Waals surface area (Å²) in [6, 6.07) is 10.3. The van der Waals surface area contributed by atoms with E-state index in [-0.39, 0.29) is 5.91 Å². The van der Waals surface area contributed by atoms with Crippen molar-refractivity contribution in [1.29, 1.82) is 0 Å². The minimum Gasteiger partial charge on any atom is -0.354 e. The van der Waals surface area contributed by atoms with Crippen molar-refractivity contribution in [3.8, 4) is 0 Å². The van der Waals surface area contributed by atoms with Gasteiger partial charge in [-0.2, -0.15) is 0 Å². The van der Waals surface area contributed by atoms with Gasteiger partial charge in [-0.25, -0.2) is 0 Å². The van der Waals surface area contributed by atoms with Crippen molar-refractivity contribution in [2.24, 2.45) is 0 Å². The van der Waals surface area contributed by atoms with Gasteiger partial charge in [0, 0.05) is 43.4 Å². The third-order valence-electron chi connectivity index (χ3n) is 3.86. The fourth-order valence-electron chi connectivity index (χ4n) is 2.43. The van der Waals surface area contributed by atoms with Gasteiger partial charge in [0.15, 0.2) is 0 Å². The second kappa shape index (κ2) is 7.82. The van der Waals surface area contributed by atoms with Crippen LogP contribution in [0.1, 0.15) is 13.8 Å². The molecular formula is C16H25N3OS. The van der Waals surface area contributed by atoms with Gasteiger partial charge >= 0.3 is 0 Å². The number of rotatable bonds is 6. The molecule has 1 fully saturated rings. The molecule has 0 unspecified atom stereocenters. The Labute approximate surface area is 131 Å². The van der Waals surface area contributed by atoms with E-state index in [1.807, 2.05) is 32.0 Å². The Morgan fingerprint density at radius 1 is 1.29 bits per heavy atom. The Kier molecular flexibility index (Phi) is 6.08. The maximum absolute atomic E-state index is 12.4. The van der Waals surface area contributed by atoms with Crippen LogP contribution in [0.2, 0.25) is 0 Å². The van der Waals surface area contributed by atoms with Crippen molar-refractivity contribution < 1.29 is 4.79 Å². The average Bonchev–Trinajstić information content (AvgIpc) is 2.53. The molecule has 4 nitrogen and oxygen atoms in total. The van der Waals surface area contributed by atoms with Gasteiger partial charge in [-0.05, 0) is 26.0 Å². The maximum atomic E-state index is 12.4. The molecule has 2 N–H and O–H groups in total. The van der Waals surface area contributed by atoms with Crippen LogP contribution in [-0.2, 0) is 4.79 Å². The molecular weight excluding hydrogens is 282 g/mol. The smallest absolute Gasteiger partial charge is 0.239 e. The van der Waals surface area contributed by atoms with E-state index in [4.69, 9.17) is 0 Å². The lowest BCUT2D eigenvalue weighted by molar-refractivity contribution is -0.132. The van der Waals surface area contributed by atoms with Crippen molar-refractivity contribution in [3.05, 3.63) is 30.3 Å². The second-order valence-electron chi connectivity index (χ2n) is 5.71. The van der Waals surface area contributed by atoms with Crippen LogP contribution in [-0.4, -0.2) is 54.8 Å². The van der Waals surface area contributed by atoms with Crippen LogP contribution >= 0.6 is 11.8 Å². The average molecular weight is 307 g/mol. The zero-order valence-corrected chi connectivity index (χ0v) is 13.7. The maximum Gasteiger partial charge on any atom is 0.239 e. The SMILES string of the molecule is CC(C)(C(=O)NCCSc1ccccc1)N1CCNCC1. The summed E-state index contributed by atoms with van der Waals surface area (Å²) in [5, 5.41) is 6.39. The number of piperazine rings is 1. The van der Waals surface area contributed by atoms with Crippen molar-refractivity contribution >= 4 is 17.7 Å². The van der Waals surface area contributed by atoms with Gasteiger partial charge in [0.25, 0.3) is 0 Å². The van der Waals surface area contributed by atoms with Gasteiger partial charge in [-0.3, -0.25) is 9.69 Å². The van der Waals surface area contributed by atoms with Crippen LogP contribution in [0.3, 0.4) is 0 Å². The molecule has 116 valence electrons. The molecule has 1 heterocycles.